The molecule has 0 aromatic heterocycles. The summed E-state index contributed by atoms with van der Waals surface area (Å²) in [5.41, 5.74) is -0.604. The molecular weight excluding hydrogens is 439 g/mol. The smallest absolute Gasteiger partial charge is 0.416 e. The molecule has 2 aromatic carbocycles. The van der Waals surface area contributed by atoms with E-state index in [0.29, 0.717) is 4.47 Å². The third-order valence-corrected chi connectivity index (χ3v) is 5.10. The molecule has 0 saturated carbocycles. The van der Waals surface area contributed by atoms with Crippen LogP contribution in [0.25, 0.3) is 0 Å². The molecule has 0 heterocycles. The zero-order chi connectivity index (χ0) is 19.5. The second-order valence-electron chi connectivity index (χ2n) is 5.23. The summed E-state index contributed by atoms with van der Waals surface area (Å²) in [4.78, 5) is 11.8. The highest BCUT2D eigenvalue weighted by atomic mass is 79.9. The van der Waals surface area contributed by atoms with Crippen LogP contribution in [0.3, 0.4) is 0 Å². The van der Waals surface area contributed by atoms with Crippen LogP contribution in [0.4, 0.5) is 13.2 Å². The van der Waals surface area contributed by atoms with Gasteiger partial charge in [0.15, 0.2) is 0 Å². The van der Waals surface area contributed by atoms with E-state index in [1.807, 2.05) is 4.72 Å². The number of methoxy groups -OCH3 is 1. The molecule has 1 amide bonds. The SMILES string of the molecule is COc1cc(Br)cc(S(=O)(=O)NC(=O)Cc2ccc(C(F)(F)F)cc2)c1. The number of amides is 1. The minimum atomic E-state index is -4.48. The van der Waals surface area contributed by atoms with Crippen molar-refractivity contribution in [1.29, 1.82) is 0 Å². The fourth-order valence-corrected chi connectivity index (χ4v) is 3.72. The largest absolute Gasteiger partial charge is 0.497 e. The van der Waals surface area contributed by atoms with Crippen molar-refractivity contribution in [2.24, 2.45) is 0 Å². The first-order valence-electron chi connectivity index (χ1n) is 7.07. The van der Waals surface area contributed by atoms with Gasteiger partial charge in [-0.3, -0.25) is 4.79 Å². The summed E-state index contributed by atoms with van der Waals surface area (Å²) in [7, 11) is -2.79. The first kappa shape index (κ1) is 20.2. The molecule has 1 N–H and O–H groups in total. The summed E-state index contributed by atoms with van der Waals surface area (Å²) in [6.45, 7) is 0. The van der Waals surface area contributed by atoms with Gasteiger partial charge in [-0.2, -0.15) is 13.2 Å². The molecule has 2 rings (SSSR count). The molecule has 0 aliphatic carbocycles. The number of carbonyl (C=O) groups excluding carboxylic acids is 1. The molecule has 0 aliphatic heterocycles. The fourth-order valence-electron chi connectivity index (χ4n) is 2.05. The average molecular weight is 452 g/mol. The van der Waals surface area contributed by atoms with Crippen molar-refractivity contribution in [3.05, 3.63) is 58.1 Å². The third-order valence-electron chi connectivity index (χ3n) is 3.28. The number of hydrogen-bond acceptors (Lipinski definition) is 4. The highest BCUT2D eigenvalue weighted by Crippen LogP contribution is 2.29. The van der Waals surface area contributed by atoms with Gasteiger partial charge in [0.25, 0.3) is 10.0 Å². The lowest BCUT2D eigenvalue weighted by molar-refractivity contribution is -0.137. The molecule has 0 radical (unpaired) electrons. The van der Waals surface area contributed by atoms with Gasteiger partial charge in [-0.05, 0) is 29.8 Å². The zero-order valence-corrected chi connectivity index (χ0v) is 15.7. The molecule has 0 saturated heterocycles. The van der Waals surface area contributed by atoms with Gasteiger partial charge in [-0.25, -0.2) is 13.1 Å². The molecule has 0 spiro atoms. The Bertz CT molecular complexity index is 912. The molecule has 0 unspecified atom stereocenters. The molecule has 10 heteroatoms. The van der Waals surface area contributed by atoms with Gasteiger partial charge in [-0.15, -0.1) is 0 Å². The van der Waals surface area contributed by atoms with Crippen molar-refractivity contribution >= 4 is 31.9 Å². The molecule has 2 aromatic rings. The van der Waals surface area contributed by atoms with Gasteiger partial charge in [0.05, 0.1) is 24.0 Å². The van der Waals surface area contributed by atoms with E-state index in [2.05, 4.69) is 15.9 Å². The molecular formula is C16H13BrF3NO4S. The van der Waals surface area contributed by atoms with Gasteiger partial charge < -0.3 is 4.74 Å². The molecule has 0 atom stereocenters. The monoisotopic (exact) mass is 451 g/mol. The molecule has 5 nitrogen and oxygen atoms in total. The number of rotatable bonds is 5. The van der Waals surface area contributed by atoms with E-state index >= 15 is 0 Å². The summed E-state index contributed by atoms with van der Waals surface area (Å²) in [6, 6.07) is 7.97. The topological polar surface area (TPSA) is 72.5 Å². The standard InChI is InChI=1S/C16H13BrF3NO4S/c1-25-13-7-12(17)8-14(9-13)26(23,24)21-15(22)6-10-2-4-11(5-3-10)16(18,19)20/h2-5,7-9H,6H2,1H3,(H,21,22). The number of hydrogen-bond donors (Lipinski definition) is 1. The second-order valence-corrected chi connectivity index (χ2v) is 7.82. The summed E-state index contributed by atoms with van der Waals surface area (Å²) in [5.74, 6) is -0.598. The van der Waals surface area contributed by atoms with E-state index < -0.39 is 27.7 Å². The van der Waals surface area contributed by atoms with Crippen molar-refractivity contribution < 1.29 is 31.1 Å². The molecule has 0 bridgehead atoms. The van der Waals surface area contributed by atoms with Crippen molar-refractivity contribution in [3.63, 3.8) is 0 Å². The lowest BCUT2D eigenvalue weighted by Crippen LogP contribution is -2.31. The number of ether oxygens (including phenoxy) is 1. The number of nitrogens with one attached hydrogen (secondary N) is 1. The lowest BCUT2D eigenvalue weighted by Gasteiger charge is -2.10. The maximum Gasteiger partial charge on any atom is 0.416 e. The zero-order valence-electron chi connectivity index (χ0n) is 13.3. The highest BCUT2D eigenvalue weighted by molar-refractivity contribution is 9.10. The van der Waals surface area contributed by atoms with E-state index in [1.165, 1.54) is 19.2 Å². The highest BCUT2D eigenvalue weighted by Gasteiger charge is 2.30. The number of alkyl halides is 3. The van der Waals surface area contributed by atoms with Crippen molar-refractivity contribution in [1.82, 2.24) is 4.72 Å². The van der Waals surface area contributed by atoms with Crippen molar-refractivity contribution in [2.75, 3.05) is 7.11 Å². The summed E-state index contributed by atoms with van der Waals surface area (Å²) < 4.78 is 69.4. The van der Waals surface area contributed by atoms with Crippen molar-refractivity contribution in [2.45, 2.75) is 17.5 Å². The van der Waals surface area contributed by atoms with Crippen LogP contribution < -0.4 is 9.46 Å². The first-order valence-corrected chi connectivity index (χ1v) is 9.35. The van der Waals surface area contributed by atoms with Crippen LogP contribution in [-0.4, -0.2) is 21.4 Å². The normalized spacial score (nSPS) is 11.9. The number of benzene rings is 2. The van der Waals surface area contributed by atoms with Crippen LogP contribution in [0.5, 0.6) is 5.75 Å². The summed E-state index contributed by atoms with van der Waals surface area (Å²) >= 11 is 3.14. The minimum Gasteiger partial charge on any atom is -0.497 e. The predicted molar refractivity (Wildman–Crippen MR) is 91.2 cm³/mol. The third kappa shape index (κ3) is 5.21. The Kier molecular flexibility index (Phi) is 5.97. The van der Waals surface area contributed by atoms with E-state index in [-0.39, 0.29) is 22.6 Å². The first-order chi connectivity index (χ1) is 12.0. The van der Waals surface area contributed by atoms with Crippen LogP contribution in [0.2, 0.25) is 0 Å². The van der Waals surface area contributed by atoms with E-state index in [0.717, 1.165) is 24.3 Å². The van der Waals surface area contributed by atoms with E-state index in [1.54, 1.807) is 6.07 Å². The van der Waals surface area contributed by atoms with Gasteiger partial charge in [0, 0.05) is 10.5 Å². The molecule has 140 valence electrons. The van der Waals surface area contributed by atoms with Crippen molar-refractivity contribution in [3.8, 4) is 5.75 Å². The van der Waals surface area contributed by atoms with Crippen LogP contribution in [0, 0.1) is 0 Å². The van der Waals surface area contributed by atoms with Crippen LogP contribution in [0.1, 0.15) is 11.1 Å². The van der Waals surface area contributed by atoms with Crippen LogP contribution >= 0.6 is 15.9 Å². The Balaban J connectivity index is 2.12. The molecule has 0 fully saturated rings. The molecule has 26 heavy (non-hydrogen) atoms. The maximum absolute atomic E-state index is 12.5. The number of carbonyl (C=O) groups is 1. The maximum atomic E-state index is 12.5. The Morgan fingerprint density at radius 1 is 1.15 bits per heavy atom. The Morgan fingerprint density at radius 3 is 2.31 bits per heavy atom. The minimum absolute atomic E-state index is 0.190. The van der Waals surface area contributed by atoms with Gasteiger partial charge in [0.2, 0.25) is 5.91 Å². The Morgan fingerprint density at radius 2 is 1.77 bits per heavy atom. The second kappa shape index (κ2) is 7.67. The van der Waals surface area contributed by atoms with E-state index in [4.69, 9.17) is 4.74 Å². The molecule has 0 aliphatic rings. The quantitative estimate of drug-likeness (QED) is 0.754. The van der Waals surface area contributed by atoms with Gasteiger partial charge in [-0.1, -0.05) is 28.1 Å². The fraction of sp³-hybridized carbons (Fsp3) is 0.188. The van der Waals surface area contributed by atoms with Crippen LogP contribution in [-0.2, 0) is 27.4 Å². The average Bonchev–Trinajstić information content (AvgIpc) is 2.53. The Hall–Kier alpha value is -2.07. The summed E-state index contributed by atoms with van der Waals surface area (Å²) in [5, 5.41) is 0. The Labute approximate surface area is 156 Å². The predicted octanol–water partition coefficient (Wildman–Crippen LogP) is 3.52. The van der Waals surface area contributed by atoms with E-state index in [9.17, 15) is 26.4 Å². The van der Waals surface area contributed by atoms with Gasteiger partial charge >= 0.3 is 6.18 Å². The number of sulfonamides is 1. The number of halogens is 4. The summed E-state index contributed by atoms with van der Waals surface area (Å²) in [6.07, 6.45) is -4.87. The lowest BCUT2D eigenvalue weighted by atomic mass is 10.1. The van der Waals surface area contributed by atoms with Crippen LogP contribution in [0.15, 0.2) is 51.8 Å². The van der Waals surface area contributed by atoms with Gasteiger partial charge in [0.1, 0.15) is 5.75 Å².